The molecule has 0 saturated heterocycles. The van der Waals surface area contributed by atoms with E-state index in [1.807, 2.05) is 0 Å². The predicted molar refractivity (Wildman–Crippen MR) is 63.3 cm³/mol. The van der Waals surface area contributed by atoms with E-state index in [1.165, 1.54) is 12.1 Å². The fourth-order valence-corrected chi connectivity index (χ4v) is 1.88. The van der Waals surface area contributed by atoms with Gasteiger partial charge in [-0.3, -0.25) is 0 Å². The quantitative estimate of drug-likeness (QED) is 0.899. The summed E-state index contributed by atoms with van der Waals surface area (Å²) in [6.45, 7) is -2.09. The van der Waals surface area contributed by atoms with Gasteiger partial charge in [-0.2, -0.15) is 8.78 Å². The summed E-state index contributed by atoms with van der Waals surface area (Å²) in [6.07, 6.45) is 3.54. The highest BCUT2D eigenvalue weighted by Gasteiger charge is 2.15. The van der Waals surface area contributed by atoms with E-state index in [9.17, 15) is 8.78 Å². The van der Waals surface area contributed by atoms with Gasteiger partial charge in [0.25, 0.3) is 0 Å². The number of hydrogen-bond donors (Lipinski definition) is 1. The Morgan fingerprint density at radius 1 is 1.22 bits per heavy atom. The van der Waals surface area contributed by atoms with Crippen LogP contribution < -0.4 is 10.5 Å². The van der Waals surface area contributed by atoms with Crippen LogP contribution in [0.5, 0.6) is 5.75 Å². The number of nitrogens with two attached hydrogens (primary N) is 1. The minimum atomic E-state index is -2.81. The maximum atomic E-state index is 12.0. The topological polar surface area (TPSA) is 44.5 Å². The van der Waals surface area contributed by atoms with Crippen LogP contribution in [-0.4, -0.2) is 13.2 Å². The second-order valence-electron chi connectivity index (χ2n) is 4.09. The summed E-state index contributed by atoms with van der Waals surface area (Å²) < 4.78 is 33.5. The maximum Gasteiger partial charge on any atom is 0.387 e. The molecular weight excluding hydrogens is 240 g/mol. The van der Waals surface area contributed by atoms with Crippen LogP contribution in [0.4, 0.5) is 8.78 Å². The van der Waals surface area contributed by atoms with Crippen molar-refractivity contribution < 1.29 is 18.3 Å². The zero-order valence-electron chi connectivity index (χ0n) is 9.81. The number of ether oxygens (including phenoxy) is 2. The zero-order chi connectivity index (χ0) is 13.0. The molecule has 3 nitrogen and oxygen atoms in total. The van der Waals surface area contributed by atoms with E-state index >= 15 is 0 Å². The van der Waals surface area contributed by atoms with Crippen LogP contribution in [0.1, 0.15) is 24.4 Å². The summed E-state index contributed by atoms with van der Waals surface area (Å²) >= 11 is 0. The molecule has 0 fully saturated rings. The summed E-state index contributed by atoms with van der Waals surface area (Å²) in [5, 5.41) is 0. The van der Waals surface area contributed by atoms with Crippen LogP contribution in [0.15, 0.2) is 36.1 Å². The molecule has 18 heavy (non-hydrogen) atoms. The number of benzene rings is 1. The summed E-state index contributed by atoms with van der Waals surface area (Å²) in [6, 6.07) is 6.11. The molecule has 2 rings (SSSR count). The van der Waals surface area contributed by atoms with E-state index in [-0.39, 0.29) is 11.8 Å². The number of hydrogen-bond acceptors (Lipinski definition) is 3. The second-order valence-corrected chi connectivity index (χ2v) is 4.09. The van der Waals surface area contributed by atoms with Crippen molar-refractivity contribution in [2.45, 2.75) is 25.5 Å². The average Bonchev–Trinajstić information content (AvgIpc) is 2.39. The molecule has 1 aliphatic heterocycles. The van der Waals surface area contributed by atoms with Crippen LogP contribution in [0, 0.1) is 0 Å². The molecule has 0 radical (unpaired) electrons. The summed E-state index contributed by atoms with van der Waals surface area (Å²) in [7, 11) is 0. The third kappa shape index (κ3) is 3.20. The molecule has 0 spiro atoms. The molecule has 1 aliphatic rings. The first-order valence-corrected chi connectivity index (χ1v) is 5.77. The Morgan fingerprint density at radius 3 is 2.50 bits per heavy atom. The highest BCUT2D eigenvalue weighted by Crippen LogP contribution is 2.27. The van der Waals surface area contributed by atoms with Crippen molar-refractivity contribution >= 4 is 0 Å². The summed E-state index contributed by atoms with van der Waals surface area (Å²) in [5.41, 5.74) is 7.96. The Morgan fingerprint density at radius 2 is 1.94 bits per heavy atom. The fourth-order valence-electron chi connectivity index (χ4n) is 1.88. The monoisotopic (exact) mass is 255 g/mol. The molecule has 0 amide bonds. The van der Waals surface area contributed by atoms with E-state index in [4.69, 9.17) is 10.5 Å². The molecule has 1 aromatic rings. The third-order valence-corrected chi connectivity index (χ3v) is 2.83. The van der Waals surface area contributed by atoms with Crippen molar-refractivity contribution in [2.75, 3.05) is 6.61 Å². The van der Waals surface area contributed by atoms with Crippen LogP contribution in [-0.2, 0) is 4.74 Å². The van der Waals surface area contributed by atoms with E-state index in [2.05, 4.69) is 4.74 Å². The minimum absolute atomic E-state index is 0.134. The number of halogens is 2. The van der Waals surface area contributed by atoms with Gasteiger partial charge in [0.15, 0.2) is 0 Å². The Hall–Kier alpha value is -1.62. The normalized spacial score (nSPS) is 17.0. The number of rotatable bonds is 4. The van der Waals surface area contributed by atoms with Crippen molar-refractivity contribution in [2.24, 2.45) is 5.73 Å². The van der Waals surface area contributed by atoms with Gasteiger partial charge >= 0.3 is 6.61 Å². The lowest BCUT2D eigenvalue weighted by atomic mass is 9.96. The molecule has 0 saturated carbocycles. The first-order valence-electron chi connectivity index (χ1n) is 5.77. The molecule has 0 bridgehead atoms. The molecular formula is C13H15F2NO2. The predicted octanol–water partition coefficient (Wildman–Crippen LogP) is 2.98. The highest BCUT2D eigenvalue weighted by molar-refractivity contribution is 5.33. The SMILES string of the molecule is NC(C1=COCCC1)c1ccc(OC(F)F)cc1. The lowest BCUT2D eigenvalue weighted by Crippen LogP contribution is -2.16. The van der Waals surface area contributed by atoms with Crippen molar-refractivity contribution in [3.8, 4) is 5.75 Å². The third-order valence-electron chi connectivity index (χ3n) is 2.83. The fraction of sp³-hybridized carbons (Fsp3) is 0.385. The molecule has 1 heterocycles. The maximum absolute atomic E-state index is 12.0. The second kappa shape index (κ2) is 5.82. The first kappa shape index (κ1) is 12.8. The molecule has 0 aliphatic carbocycles. The lowest BCUT2D eigenvalue weighted by molar-refractivity contribution is -0.0498. The Labute approximate surface area is 104 Å². The van der Waals surface area contributed by atoms with E-state index in [0.29, 0.717) is 0 Å². The van der Waals surface area contributed by atoms with Crippen molar-refractivity contribution in [1.29, 1.82) is 0 Å². The van der Waals surface area contributed by atoms with Crippen LogP contribution >= 0.6 is 0 Å². The van der Waals surface area contributed by atoms with E-state index in [1.54, 1.807) is 18.4 Å². The molecule has 1 aromatic carbocycles. The van der Waals surface area contributed by atoms with Crippen LogP contribution in [0.2, 0.25) is 0 Å². The first-order chi connectivity index (χ1) is 8.66. The Bertz CT molecular complexity index is 418. The molecule has 0 aromatic heterocycles. The van der Waals surface area contributed by atoms with Crippen molar-refractivity contribution in [1.82, 2.24) is 0 Å². The minimum Gasteiger partial charge on any atom is -0.501 e. The van der Waals surface area contributed by atoms with Gasteiger partial charge in [-0.25, -0.2) is 0 Å². The van der Waals surface area contributed by atoms with Gasteiger partial charge in [0.1, 0.15) is 5.75 Å². The number of alkyl halides is 2. The van der Waals surface area contributed by atoms with E-state index < -0.39 is 6.61 Å². The Kier molecular flexibility index (Phi) is 4.15. The Balaban J connectivity index is 2.06. The van der Waals surface area contributed by atoms with Crippen molar-refractivity contribution in [3.63, 3.8) is 0 Å². The summed E-state index contributed by atoms with van der Waals surface area (Å²) in [5.74, 6) is 0.134. The van der Waals surface area contributed by atoms with E-state index in [0.717, 1.165) is 30.6 Å². The lowest BCUT2D eigenvalue weighted by Gasteiger charge is -2.20. The molecule has 2 N–H and O–H groups in total. The molecule has 5 heteroatoms. The molecule has 1 unspecified atom stereocenters. The molecule has 1 atom stereocenters. The van der Waals surface area contributed by atoms with Gasteiger partial charge in [-0.15, -0.1) is 0 Å². The van der Waals surface area contributed by atoms with Gasteiger partial charge in [-0.05, 0) is 36.1 Å². The van der Waals surface area contributed by atoms with Gasteiger partial charge in [-0.1, -0.05) is 12.1 Å². The van der Waals surface area contributed by atoms with Gasteiger partial charge < -0.3 is 15.2 Å². The average molecular weight is 255 g/mol. The van der Waals surface area contributed by atoms with Gasteiger partial charge in [0.2, 0.25) is 0 Å². The van der Waals surface area contributed by atoms with Crippen molar-refractivity contribution in [3.05, 3.63) is 41.7 Å². The standard InChI is InChI=1S/C13H15F2NO2/c14-13(15)18-11-5-3-9(4-6-11)12(16)10-2-1-7-17-8-10/h3-6,8,12-13H,1-2,7,16H2. The smallest absolute Gasteiger partial charge is 0.387 e. The van der Waals surface area contributed by atoms with Crippen LogP contribution in [0.3, 0.4) is 0 Å². The van der Waals surface area contributed by atoms with Gasteiger partial charge in [0, 0.05) is 0 Å². The van der Waals surface area contributed by atoms with Crippen LogP contribution in [0.25, 0.3) is 0 Å². The summed E-state index contributed by atoms with van der Waals surface area (Å²) in [4.78, 5) is 0. The highest BCUT2D eigenvalue weighted by atomic mass is 19.3. The van der Waals surface area contributed by atoms with Gasteiger partial charge in [0.05, 0.1) is 18.9 Å². The zero-order valence-corrected chi connectivity index (χ0v) is 9.81. The largest absolute Gasteiger partial charge is 0.501 e. The molecule has 98 valence electrons.